The number of anilines is 1. The van der Waals surface area contributed by atoms with Crippen molar-refractivity contribution in [3.05, 3.63) is 29.3 Å². The van der Waals surface area contributed by atoms with Gasteiger partial charge in [0.25, 0.3) is 0 Å². The molecule has 0 spiro atoms. The topological polar surface area (TPSA) is 85.4 Å². The van der Waals surface area contributed by atoms with E-state index in [4.69, 9.17) is 15.2 Å². The van der Waals surface area contributed by atoms with Gasteiger partial charge in [-0.2, -0.15) is 8.78 Å². The molecule has 29 heavy (non-hydrogen) atoms. The van der Waals surface area contributed by atoms with E-state index >= 15 is 0 Å². The Morgan fingerprint density at radius 1 is 1.24 bits per heavy atom. The Labute approximate surface area is 187 Å². The molecule has 0 bridgehead atoms. The highest BCUT2D eigenvalue weighted by Gasteiger charge is 2.22. The quantitative estimate of drug-likeness (QED) is 0.356. The number of aromatic nitrogens is 1. The third-order valence-corrected chi connectivity index (χ3v) is 5.31. The first-order valence-electron chi connectivity index (χ1n) is 8.67. The second-order valence-corrected chi connectivity index (χ2v) is 7.03. The van der Waals surface area contributed by atoms with Gasteiger partial charge in [-0.15, -0.1) is 35.3 Å². The first-order chi connectivity index (χ1) is 13.6. The summed E-state index contributed by atoms with van der Waals surface area (Å²) in [5.74, 6) is 1.21. The fourth-order valence-electron chi connectivity index (χ4n) is 3.06. The second kappa shape index (κ2) is 9.61. The highest BCUT2D eigenvalue weighted by molar-refractivity contribution is 14.0. The summed E-state index contributed by atoms with van der Waals surface area (Å²) in [5, 5.41) is 2.94. The minimum Gasteiger partial charge on any atom is -0.454 e. The smallest absolute Gasteiger partial charge is 0.387 e. The SMILES string of the molecule is I.NC(=NCc1cc2c(cc1OC(F)F)OCO2)N1CCN(c2nccs2)CC1. The molecular weight excluding hydrogens is 519 g/mol. The number of thiazole rings is 1. The van der Waals surface area contributed by atoms with Crippen molar-refractivity contribution < 1.29 is 23.0 Å². The van der Waals surface area contributed by atoms with E-state index < -0.39 is 6.61 Å². The minimum atomic E-state index is -2.95. The maximum Gasteiger partial charge on any atom is 0.387 e. The number of halogens is 3. The molecule has 2 aromatic rings. The van der Waals surface area contributed by atoms with Gasteiger partial charge in [-0.05, 0) is 6.07 Å². The van der Waals surface area contributed by atoms with Gasteiger partial charge in [0, 0.05) is 49.4 Å². The number of hydrogen-bond acceptors (Lipinski definition) is 7. The van der Waals surface area contributed by atoms with Gasteiger partial charge < -0.3 is 29.7 Å². The molecule has 0 radical (unpaired) electrons. The van der Waals surface area contributed by atoms with Crippen LogP contribution < -0.4 is 24.8 Å². The van der Waals surface area contributed by atoms with Crippen LogP contribution in [0.25, 0.3) is 0 Å². The van der Waals surface area contributed by atoms with E-state index in [0.29, 0.717) is 36.1 Å². The summed E-state index contributed by atoms with van der Waals surface area (Å²) in [6.45, 7) is 0.173. The molecule has 4 rings (SSSR count). The number of alkyl halides is 2. The molecule has 1 aromatic heterocycles. The summed E-state index contributed by atoms with van der Waals surface area (Å²) in [6, 6.07) is 2.99. The van der Waals surface area contributed by atoms with Crippen molar-refractivity contribution in [2.45, 2.75) is 13.2 Å². The zero-order chi connectivity index (χ0) is 19.5. The molecule has 158 valence electrons. The fourth-order valence-corrected chi connectivity index (χ4v) is 3.76. The lowest BCUT2D eigenvalue weighted by molar-refractivity contribution is -0.0505. The molecule has 0 atom stereocenters. The van der Waals surface area contributed by atoms with Crippen LogP contribution in [0.1, 0.15) is 5.56 Å². The lowest BCUT2D eigenvalue weighted by atomic mass is 10.1. The summed E-state index contributed by atoms with van der Waals surface area (Å²) < 4.78 is 40.6. The Morgan fingerprint density at radius 2 is 1.97 bits per heavy atom. The number of aliphatic imine (C=N–C) groups is 1. The summed E-state index contributed by atoms with van der Waals surface area (Å²) in [7, 11) is 0. The molecule has 0 unspecified atom stereocenters. The molecule has 0 saturated carbocycles. The molecule has 0 aliphatic carbocycles. The molecule has 1 fully saturated rings. The summed E-state index contributed by atoms with van der Waals surface area (Å²) >= 11 is 1.60. The van der Waals surface area contributed by atoms with Gasteiger partial charge in [-0.25, -0.2) is 9.98 Å². The Hall–Kier alpha value is -2.09. The highest BCUT2D eigenvalue weighted by atomic mass is 127. The van der Waals surface area contributed by atoms with Gasteiger partial charge in [-0.1, -0.05) is 0 Å². The number of fused-ring (bicyclic) bond motifs is 1. The molecule has 12 heteroatoms. The second-order valence-electron chi connectivity index (χ2n) is 6.15. The molecule has 2 aliphatic heterocycles. The van der Waals surface area contributed by atoms with E-state index in [2.05, 4.69) is 19.6 Å². The maximum atomic E-state index is 12.7. The number of nitrogens with two attached hydrogens (primary N) is 1. The van der Waals surface area contributed by atoms with Gasteiger partial charge in [-0.3, -0.25) is 0 Å². The highest BCUT2D eigenvalue weighted by Crippen LogP contribution is 2.39. The van der Waals surface area contributed by atoms with Crippen LogP contribution in [-0.4, -0.2) is 55.4 Å². The number of benzene rings is 1. The van der Waals surface area contributed by atoms with Gasteiger partial charge in [0.15, 0.2) is 22.6 Å². The van der Waals surface area contributed by atoms with Crippen molar-refractivity contribution in [2.75, 3.05) is 37.9 Å². The Morgan fingerprint density at radius 3 is 2.62 bits per heavy atom. The van der Waals surface area contributed by atoms with Crippen LogP contribution in [0, 0.1) is 0 Å². The number of ether oxygens (including phenoxy) is 3. The lowest BCUT2D eigenvalue weighted by Gasteiger charge is -2.35. The first-order valence-corrected chi connectivity index (χ1v) is 9.55. The van der Waals surface area contributed by atoms with Crippen molar-refractivity contribution in [3.63, 3.8) is 0 Å². The predicted molar refractivity (Wildman–Crippen MR) is 116 cm³/mol. The molecule has 3 heterocycles. The molecule has 1 aromatic carbocycles. The zero-order valence-corrected chi connectivity index (χ0v) is 18.4. The van der Waals surface area contributed by atoms with Crippen LogP contribution in [0.5, 0.6) is 17.2 Å². The lowest BCUT2D eigenvalue weighted by Crippen LogP contribution is -2.51. The Kier molecular flexibility index (Phi) is 7.16. The standard InChI is InChI=1S/C17H19F2N5O3S.HI/c18-15(19)27-12-8-14-13(25-10-26-14)7-11(12)9-22-16(20)23-2-4-24(5-3-23)17-21-1-6-28-17;/h1,6-8,15H,2-5,9-10H2,(H2,20,22);1H. The van der Waals surface area contributed by atoms with Gasteiger partial charge in [0.05, 0.1) is 6.54 Å². The van der Waals surface area contributed by atoms with Crippen LogP contribution in [0.15, 0.2) is 28.7 Å². The van der Waals surface area contributed by atoms with Crippen LogP contribution in [-0.2, 0) is 6.54 Å². The normalized spacial score (nSPS) is 16.2. The van der Waals surface area contributed by atoms with Crippen molar-refractivity contribution in [1.29, 1.82) is 0 Å². The van der Waals surface area contributed by atoms with E-state index in [1.165, 1.54) is 6.07 Å². The van der Waals surface area contributed by atoms with Crippen LogP contribution in [0.2, 0.25) is 0 Å². The van der Waals surface area contributed by atoms with Crippen molar-refractivity contribution in [1.82, 2.24) is 9.88 Å². The van der Waals surface area contributed by atoms with Crippen molar-refractivity contribution in [2.24, 2.45) is 10.7 Å². The predicted octanol–water partition coefficient (Wildman–Crippen LogP) is 2.73. The van der Waals surface area contributed by atoms with E-state index in [1.54, 1.807) is 23.6 Å². The number of piperazine rings is 1. The van der Waals surface area contributed by atoms with Crippen molar-refractivity contribution in [3.8, 4) is 17.2 Å². The zero-order valence-electron chi connectivity index (χ0n) is 15.3. The number of rotatable bonds is 5. The minimum absolute atomic E-state index is 0. The molecule has 2 N–H and O–H groups in total. The monoisotopic (exact) mass is 539 g/mol. The largest absolute Gasteiger partial charge is 0.454 e. The Bertz CT molecular complexity index is 848. The average molecular weight is 539 g/mol. The van der Waals surface area contributed by atoms with E-state index in [9.17, 15) is 8.78 Å². The fraction of sp³-hybridized carbons (Fsp3) is 0.412. The van der Waals surface area contributed by atoms with Gasteiger partial charge >= 0.3 is 6.61 Å². The van der Waals surface area contributed by atoms with E-state index in [0.717, 1.165) is 18.2 Å². The van der Waals surface area contributed by atoms with Crippen LogP contribution in [0.3, 0.4) is 0 Å². The number of guanidine groups is 1. The summed E-state index contributed by atoms with van der Waals surface area (Å²) in [4.78, 5) is 12.8. The van der Waals surface area contributed by atoms with Crippen molar-refractivity contribution >= 4 is 46.4 Å². The number of hydrogen-bond donors (Lipinski definition) is 1. The van der Waals surface area contributed by atoms with E-state index in [-0.39, 0.29) is 43.1 Å². The van der Waals surface area contributed by atoms with Gasteiger partial charge in [0.2, 0.25) is 6.79 Å². The molecule has 8 nitrogen and oxygen atoms in total. The molecule has 2 aliphatic rings. The molecule has 0 amide bonds. The Balaban J connectivity index is 0.00000240. The van der Waals surface area contributed by atoms with E-state index in [1.807, 2.05) is 10.3 Å². The maximum absolute atomic E-state index is 12.7. The average Bonchev–Trinajstić information content (AvgIpc) is 3.37. The third-order valence-electron chi connectivity index (χ3n) is 4.48. The van der Waals surface area contributed by atoms with Crippen LogP contribution in [0.4, 0.5) is 13.9 Å². The molecular formula is C17H20F2IN5O3S. The molecule has 1 saturated heterocycles. The summed E-state index contributed by atoms with van der Waals surface area (Å²) in [5.41, 5.74) is 6.58. The first kappa shape index (κ1) is 21.6. The third kappa shape index (κ3) is 5.10. The van der Waals surface area contributed by atoms with Crippen LogP contribution >= 0.6 is 35.3 Å². The van der Waals surface area contributed by atoms with Gasteiger partial charge in [0.1, 0.15) is 5.75 Å². The summed E-state index contributed by atoms with van der Waals surface area (Å²) in [6.07, 6.45) is 1.78. The number of nitrogens with zero attached hydrogens (tertiary/aromatic N) is 4.